The molecule has 0 aliphatic rings. The average molecular weight is 294 g/mol. The van der Waals surface area contributed by atoms with Crippen molar-refractivity contribution in [3.63, 3.8) is 0 Å². The van der Waals surface area contributed by atoms with E-state index in [9.17, 15) is 4.79 Å². The highest BCUT2D eigenvalue weighted by atomic mass is 32.2. The van der Waals surface area contributed by atoms with Crippen molar-refractivity contribution in [3.05, 3.63) is 29.8 Å². The van der Waals surface area contributed by atoms with Gasteiger partial charge in [-0.1, -0.05) is 45.7 Å². The zero-order valence-corrected chi connectivity index (χ0v) is 13.5. The van der Waals surface area contributed by atoms with E-state index in [1.165, 1.54) is 0 Å². The maximum Gasteiger partial charge on any atom is 0.252 e. The van der Waals surface area contributed by atoms with E-state index in [-0.39, 0.29) is 11.9 Å². The molecule has 1 unspecified atom stereocenters. The first-order valence-electron chi connectivity index (χ1n) is 7.35. The summed E-state index contributed by atoms with van der Waals surface area (Å²) in [6.45, 7) is 6.89. The normalized spacial score (nSPS) is 12.4. The molecule has 0 bridgehead atoms. The molecule has 112 valence electrons. The summed E-state index contributed by atoms with van der Waals surface area (Å²) in [6, 6.07) is 7.83. The van der Waals surface area contributed by atoms with Crippen LogP contribution in [-0.2, 0) is 0 Å². The first kappa shape index (κ1) is 17.1. The molecule has 0 radical (unpaired) electrons. The number of unbranched alkanes of at least 4 members (excludes halogenated alkanes) is 1. The van der Waals surface area contributed by atoms with E-state index in [4.69, 9.17) is 5.73 Å². The first-order chi connectivity index (χ1) is 9.58. The van der Waals surface area contributed by atoms with Crippen molar-refractivity contribution < 1.29 is 4.79 Å². The van der Waals surface area contributed by atoms with Gasteiger partial charge >= 0.3 is 0 Å². The molecule has 0 heterocycles. The van der Waals surface area contributed by atoms with E-state index in [1.807, 2.05) is 24.3 Å². The molecule has 0 spiro atoms. The van der Waals surface area contributed by atoms with Crippen LogP contribution in [0.5, 0.6) is 0 Å². The second-order valence-corrected chi connectivity index (χ2v) is 6.83. The largest absolute Gasteiger partial charge is 0.348 e. The van der Waals surface area contributed by atoms with Gasteiger partial charge in [-0.3, -0.25) is 4.79 Å². The van der Waals surface area contributed by atoms with Crippen LogP contribution in [0.25, 0.3) is 0 Å². The van der Waals surface area contributed by atoms with Gasteiger partial charge in [-0.15, -0.1) is 11.8 Å². The number of thioether (sulfide) groups is 1. The van der Waals surface area contributed by atoms with Crippen LogP contribution in [0.3, 0.4) is 0 Å². The van der Waals surface area contributed by atoms with Gasteiger partial charge in [0, 0.05) is 22.7 Å². The molecule has 0 aliphatic carbocycles. The van der Waals surface area contributed by atoms with Crippen molar-refractivity contribution in [3.8, 4) is 0 Å². The quantitative estimate of drug-likeness (QED) is 0.722. The average Bonchev–Trinajstić information content (AvgIpc) is 2.43. The van der Waals surface area contributed by atoms with E-state index in [2.05, 4.69) is 26.1 Å². The zero-order chi connectivity index (χ0) is 15.0. The Balaban J connectivity index is 2.75. The Bertz CT molecular complexity index is 421. The van der Waals surface area contributed by atoms with Crippen LogP contribution < -0.4 is 11.1 Å². The molecule has 3 N–H and O–H groups in total. The Morgan fingerprint density at radius 1 is 1.35 bits per heavy atom. The number of hydrogen-bond acceptors (Lipinski definition) is 3. The molecule has 0 saturated carbocycles. The van der Waals surface area contributed by atoms with Crippen molar-refractivity contribution in [2.24, 2.45) is 5.73 Å². The van der Waals surface area contributed by atoms with Crippen molar-refractivity contribution in [2.45, 2.75) is 56.2 Å². The number of hydrogen-bond donors (Lipinski definition) is 2. The molecular formula is C16H26N2OS. The summed E-state index contributed by atoms with van der Waals surface area (Å²) in [4.78, 5) is 13.4. The smallest absolute Gasteiger partial charge is 0.252 e. The molecule has 3 nitrogen and oxygen atoms in total. The molecule has 0 fully saturated rings. The lowest BCUT2D eigenvalue weighted by Crippen LogP contribution is -2.40. The molecule has 1 atom stereocenters. The lowest BCUT2D eigenvalue weighted by molar-refractivity contribution is 0.0933. The maximum absolute atomic E-state index is 12.4. The van der Waals surface area contributed by atoms with E-state index < -0.39 is 0 Å². The third-order valence-corrected chi connectivity index (χ3v) is 4.10. The molecule has 4 heteroatoms. The van der Waals surface area contributed by atoms with Crippen molar-refractivity contribution in [1.29, 1.82) is 0 Å². The lowest BCUT2D eigenvalue weighted by atomic mass is 10.1. The summed E-state index contributed by atoms with van der Waals surface area (Å²) in [6.07, 6.45) is 3.15. The predicted octanol–water partition coefficient (Wildman–Crippen LogP) is 3.43. The highest BCUT2D eigenvalue weighted by Gasteiger charge is 2.15. The molecular weight excluding hydrogens is 268 g/mol. The van der Waals surface area contributed by atoms with Crippen LogP contribution in [0, 0.1) is 0 Å². The second kappa shape index (κ2) is 9.03. The van der Waals surface area contributed by atoms with Crippen LogP contribution in [0.1, 0.15) is 50.4 Å². The van der Waals surface area contributed by atoms with Gasteiger partial charge in [-0.25, -0.2) is 0 Å². The summed E-state index contributed by atoms with van der Waals surface area (Å²) in [5.74, 6) is -0.0136. The van der Waals surface area contributed by atoms with Gasteiger partial charge in [-0.05, 0) is 18.6 Å². The Hall–Kier alpha value is -1.00. The molecule has 0 aliphatic heterocycles. The standard InChI is InChI=1S/C16H26N2OS/c1-4-5-8-13(11-17)18-16(19)14-9-6-7-10-15(14)20-12(2)3/h6-7,9-10,12-13H,4-5,8,11,17H2,1-3H3,(H,18,19). The lowest BCUT2D eigenvalue weighted by Gasteiger charge is -2.18. The fourth-order valence-corrected chi connectivity index (χ4v) is 2.93. The SMILES string of the molecule is CCCCC(CN)NC(=O)c1ccccc1SC(C)C. The highest BCUT2D eigenvalue weighted by molar-refractivity contribution is 8.00. The number of rotatable bonds is 8. The van der Waals surface area contributed by atoms with E-state index in [0.717, 1.165) is 29.7 Å². The van der Waals surface area contributed by atoms with Gasteiger partial charge in [-0.2, -0.15) is 0 Å². The first-order valence-corrected chi connectivity index (χ1v) is 8.23. The van der Waals surface area contributed by atoms with E-state index in [1.54, 1.807) is 11.8 Å². The summed E-state index contributed by atoms with van der Waals surface area (Å²) >= 11 is 1.71. The number of nitrogens with two attached hydrogens (primary N) is 1. The fourth-order valence-electron chi connectivity index (χ4n) is 1.97. The Kier molecular flexibility index (Phi) is 7.70. The van der Waals surface area contributed by atoms with Gasteiger partial charge in [0.1, 0.15) is 0 Å². The number of carbonyl (C=O) groups excluding carboxylic acids is 1. The number of amides is 1. The Labute approximate surface area is 126 Å². The van der Waals surface area contributed by atoms with Crippen LogP contribution >= 0.6 is 11.8 Å². The molecule has 1 aromatic carbocycles. The van der Waals surface area contributed by atoms with Crippen LogP contribution in [0.2, 0.25) is 0 Å². The third kappa shape index (κ3) is 5.55. The Morgan fingerprint density at radius 2 is 2.05 bits per heavy atom. The second-order valence-electron chi connectivity index (χ2n) is 5.21. The van der Waals surface area contributed by atoms with E-state index in [0.29, 0.717) is 11.8 Å². The minimum absolute atomic E-state index is 0.0136. The summed E-state index contributed by atoms with van der Waals surface area (Å²) in [5, 5.41) is 3.51. The topological polar surface area (TPSA) is 55.1 Å². The predicted molar refractivity (Wildman–Crippen MR) is 87.3 cm³/mol. The molecule has 1 amide bonds. The van der Waals surface area contributed by atoms with Crippen molar-refractivity contribution in [2.75, 3.05) is 6.54 Å². The molecule has 1 rings (SSSR count). The minimum atomic E-state index is -0.0136. The number of carbonyl (C=O) groups is 1. The van der Waals surface area contributed by atoms with Gasteiger partial charge in [0.25, 0.3) is 5.91 Å². The van der Waals surface area contributed by atoms with Crippen molar-refractivity contribution in [1.82, 2.24) is 5.32 Å². The van der Waals surface area contributed by atoms with Crippen molar-refractivity contribution >= 4 is 17.7 Å². The van der Waals surface area contributed by atoms with Crippen LogP contribution in [0.4, 0.5) is 0 Å². The fraction of sp³-hybridized carbons (Fsp3) is 0.562. The van der Waals surface area contributed by atoms with Gasteiger partial charge in [0.05, 0.1) is 5.56 Å². The van der Waals surface area contributed by atoms with Crippen LogP contribution in [-0.4, -0.2) is 23.7 Å². The molecule has 0 aromatic heterocycles. The summed E-state index contributed by atoms with van der Waals surface area (Å²) < 4.78 is 0. The van der Waals surface area contributed by atoms with Gasteiger partial charge in [0.15, 0.2) is 0 Å². The summed E-state index contributed by atoms with van der Waals surface area (Å²) in [7, 11) is 0. The molecule has 1 aromatic rings. The number of nitrogens with one attached hydrogen (secondary N) is 1. The monoisotopic (exact) mass is 294 g/mol. The minimum Gasteiger partial charge on any atom is -0.348 e. The molecule has 0 saturated heterocycles. The van der Waals surface area contributed by atoms with Gasteiger partial charge in [0.2, 0.25) is 0 Å². The summed E-state index contributed by atoms with van der Waals surface area (Å²) in [5.41, 5.74) is 6.49. The van der Waals surface area contributed by atoms with Gasteiger partial charge < -0.3 is 11.1 Å². The maximum atomic E-state index is 12.4. The third-order valence-electron chi connectivity index (χ3n) is 3.02. The Morgan fingerprint density at radius 3 is 2.65 bits per heavy atom. The van der Waals surface area contributed by atoms with Crippen LogP contribution in [0.15, 0.2) is 29.2 Å². The molecule has 20 heavy (non-hydrogen) atoms. The van der Waals surface area contributed by atoms with E-state index >= 15 is 0 Å². The zero-order valence-electron chi connectivity index (χ0n) is 12.7. The highest BCUT2D eigenvalue weighted by Crippen LogP contribution is 2.26. The number of benzene rings is 1.